The summed E-state index contributed by atoms with van der Waals surface area (Å²) < 4.78 is 28.5. The number of sulfone groups is 1. The number of carbonyl (C=O) groups is 1. The molecular weight excluding hydrogens is 242 g/mol. The van der Waals surface area contributed by atoms with Gasteiger partial charge in [0.15, 0.2) is 9.84 Å². The Morgan fingerprint density at radius 1 is 1.35 bits per heavy atom. The first-order chi connectivity index (χ1) is 7.94. The molecule has 2 N–H and O–H groups in total. The van der Waals surface area contributed by atoms with Crippen molar-refractivity contribution < 1.29 is 17.9 Å². The highest BCUT2D eigenvalue weighted by molar-refractivity contribution is 7.90. The molecule has 5 nitrogen and oxygen atoms in total. The highest BCUT2D eigenvalue weighted by Crippen LogP contribution is 2.20. The van der Waals surface area contributed by atoms with Gasteiger partial charge in [0.2, 0.25) is 5.91 Å². The molecule has 0 saturated carbocycles. The van der Waals surface area contributed by atoms with E-state index < -0.39 is 15.7 Å². The van der Waals surface area contributed by atoms with E-state index in [0.29, 0.717) is 11.3 Å². The lowest BCUT2D eigenvalue weighted by atomic mass is 10.2. The second-order valence-electron chi connectivity index (χ2n) is 3.62. The van der Waals surface area contributed by atoms with Crippen LogP contribution in [0.3, 0.4) is 0 Å². The molecule has 1 amide bonds. The number of amides is 1. The maximum Gasteiger partial charge on any atom is 0.218 e. The molecule has 0 fully saturated rings. The van der Waals surface area contributed by atoms with Crippen LogP contribution in [0, 0.1) is 0 Å². The first kappa shape index (κ1) is 13.5. The number of hydrogen-bond donors (Lipinski definition) is 1. The number of nitrogens with two attached hydrogens (primary N) is 1. The molecule has 0 bridgehead atoms. The number of rotatable bonds is 6. The molecule has 17 heavy (non-hydrogen) atoms. The summed E-state index contributed by atoms with van der Waals surface area (Å²) in [7, 11) is -1.86. The topological polar surface area (TPSA) is 86.5 Å². The third-order valence-electron chi connectivity index (χ3n) is 2.23. The van der Waals surface area contributed by atoms with Crippen molar-refractivity contribution in [2.75, 3.05) is 12.9 Å². The van der Waals surface area contributed by atoms with Crippen LogP contribution in [-0.2, 0) is 20.4 Å². The molecule has 1 aromatic carbocycles. The normalized spacial score (nSPS) is 11.1. The quantitative estimate of drug-likeness (QED) is 0.803. The van der Waals surface area contributed by atoms with Gasteiger partial charge in [0.25, 0.3) is 0 Å². The van der Waals surface area contributed by atoms with E-state index in [1.165, 1.54) is 7.11 Å². The third kappa shape index (κ3) is 4.44. The maximum atomic E-state index is 11.7. The molecule has 0 atom stereocenters. The van der Waals surface area contributed by atoms with Gasteiger partial charge in [0.1, 0.15) is 5.75 Å². The van der Waals surface area contributed by atoms with Crippen molar-refractivity contribution >= 4 is 15.7 Å². The Labute approximate surface area is 100 Å². The van der Waals surface area contributed by atoms with Crippen LogP contribution in [-0.4, -0.2) is 27.2 Å². The molecule has 0 aliphatic rings. The van der Waals surface area contributed by atoms with Crippen molar-refractivity contribution in [3.8, 4) is 5.75 Å². The Hall–Kier alpha value is -1.56. The average Bonchev–Trinajstić information content (AvgIpc) is 2.27. The van der Waals surface area contributed by atoms with Crippen LogP contribution in [0.2, 0.25) is 0 Å². The number of para-hydroxylation sites is 1. The van der Waals surface area contributed by atoms with Gasteiger partial charge in [-0.25, -0.2) is 8.42 Å². The van der Waals surface area contributed by atoms with Crippen LogP contribution < -0.4 is 10.5 Å². The van der Waals surface area contributed by atoms with Crippen LogP contribution >= 0.6 is 0 Å². The van der Waals surface area contributed by atoms with E-state index in [2.05, 4.69) is 0 Å². The second-order valence-corrected chi connectivity index (χ2v) is 5.80. The van der Waals surface area contributed by atoms with E-state index >= 15 is 0 Å². The Morgan fingerprint density at radius 3 is 2.59 bits per heavy atom. The number of carbonyl (C=O) groups excluding carboxylic acids is 1. The molecule has 94 valence electrons. The molecule has 0 saturated heterocycles. The predicted molar refractivity (Wildman–Crippen MR) is 64.3 cm³/mol. The van der Waals surface area contributed by atoms with Crippen molar-refractivity contribution in [1.82, 2.24) is 0 Å². The number of benzene rings is 1. The minimum atomic E-state index is -3.34. The van der Waals surface area contributed by atoms with Gasteiger partial charge in [0.05, 0.1) is 18.6 Å². The summed E-state index contributed by atoms with van der Waals surface area (Å²) in [5.41, 5.74) is 5.50. The van der Waals surface area contributed by atoms with Crippen molar-refractivity contribution in [3.63, 3.8) is 0 Å². The van der Waals surface area contributed by atoms with Gasteiger partial charge < -0.3 is 10.5 Å². The molecule has 0 aliphatic heterocycles. The number of methoxy groups -OCH3 is 1. The minimum Gasteiger partial charge on any atom is -0.496 e. The number of ether oxygens (including phenoxy) is 1. The van der Waals surface area contributed by atoms with E-state index in [4.69, 9.17) is 10.5 Å². The maximum absolute atomic E-state index is 11.7. The summed E-state index contributed by atoms with van der Waals surface area (Å²) in [4.78, 5) is 10.6. The lowest BCUT2D eigenvalue weighted by Gasteiger charge is -2.08. The Kier molecular flexibility index (Phi) is 4.51. The van der Waals surface area contributed by atoms with Gasteiger partial charge in [-0.05, 0) is 6.07 Å². The SMILES string of the molecule is COc1ccccc1CS(=O)(=O)CCC(N)=O. The van der Waals surface area contributed by atoms with Crippen LogP contribution in [0.4, 0.5) is 0 Å². The largest absolute Gasteiger partial charge is 0.496 e. The fourth-order valence-corrected chi connectivity index (χ4v) is 2.76. The van der Waals surface area contributed by atoms with Crippen molar-refractivity contribution in [2.24, 2.45) is 5.73 Å². The molecule has 0 radical (unpaired) electrons. The minimum absolute atomic E-state index is 0.149. The van der Waals surface area contributed by atoms with E-state index in [1.54, 1.807) is 24.3 Å². The first-order valence-electron chi connectivity index (χ1n) is 5.05. The van der Waals surface area contributed by atoms with Crippen LogP contribution in [0.25, 0.3) is 0 Å². The van der Waals surface area contributed by atoms with Gasteiger partial charge in [-0.3, -0.25) is 4.79 Å². The molecule has 1 aromatic rings. The van der Waals surface area contributed by atoms with E-state index in [0.717, 1.165) is 0 Å². The summed E-state index contributed by atoms with van der Waals surface area (Å²) in [5, 5.41) is 0. The Bertz CT molecular complexity index is 496. The summed E-state index contributed by atoms with van der Waals surface area (Å²) in [6, 6.07) is 6.87. The standard InChI is InChI=1S/C11H15NO4S/c1-16-10-5-3-2-4-9(10)8-17(14,15)7-6-11(12)13/h2-5H,6-8H2,1H3,(H2,12,13). The molecule has 6 heteroatoms. The molecule has 0 aromatic heterocycles. The zero-order valence-electron chi connectivity index (χ0n) is 9.55. The van der Waals surface area contributed by atoms with Gasteiger partial charge in [-0.15, -0.1) is 0 Å². The summed E-state index contributed by atoms with van der Waals surface area (Å²) in [6.07, 6.45) is -0.155. The van der Waals surface area contributed by atoms with Crippen LogP contribution in [0.1, 0.15) is 12.0 Å². The molecule has 0 spiro atoms. The zero-order chi connectivity index (χ0) is 12.9. The molecular formula is C11H15NO4S. The van der Waals surface area contributed by atoms with Crippen molar-refractivity contribution in [1.29, 1.82) is 0 Å². The fraction of sp³-hybridized carbons (Fsp3) is 0.364. The summed E-state index contributed by atoms with van der Waals surface area (Å²) in [5.74, 6) is -0.478. The highest BCUT2D eigenvalue weighted by atomic mass is 32.2. The van der Waals surface area contributed by atoms with Gasteiger partial charge >= 0.3 is 0 Å². The third-order valence-corrected chi connectivity index (χ3v) is 3.80. The smallest absolute Gasteiger partial charge is 0.218 e. The molecule has 1 rings (SSSR count). The second kappa shape index (κ2) is 5.67. The lowest BCUT2D eigenvalue weighted by molar-refractivity contribution is -0.117. The zero-order valence-corrected chi connectivity index (χ0v) is 10.4. The Morgan fingerprint density at radius 2 is 2.00 bits per heavy atom. The van der Waals surface area contributed by atoms with Gasteiger partial charge in [-0.2, -0.15) is 0 Å². The summed E-state index contributed by atoms with van der Waals surface area (Å²) in [6.45, 7) is 0. The van der Waals surface area contributed by atoms with Gasteiger partial charge in [-0.1, -0.05) is 18.2 Å². The monoisotopic (exact) mass is 257 g/mol. The highest BCUT2D eigenvalue weighted by Gasteiger charge is 2.15. The summed E-state index contributed by atoms with van der Waals surface area (Å²) >= 11 is 0. The number of primary amides is 1. The Balaban J connectivity index is 2.79. The van der Waals surface area contributed by atoms with E-state index in [-0.39, 0.29) is 17.9 Å². The van der Waals surface area contributed by atoms with E-state index in [9.17, 15) is 13.2 Å². The van der Waals surface area contributed by atoms with E-state index in [1.807, 2.05) is 0 Å². The van der Waals surface area contributed by atoms with Crippen LogP contribution in [0.15, 0.2) is 24.3 Å². The lowest BCUT2D eigenvalue weighted by Crippen LogP contribution is -2.18. The first-order valence-corrected chi connectivity index (χ1v) is 6.87. The molecule has 0 unspecified atom stereocenters. The van der Waals surface area contributed by atoms with Crippen molar-refractivity contribution in [3.05, 3.63) is 29.8 Å². The van der Waals surface area contributed by atoms with Crippen LogP contribution in [0.5, 0.6) is 5.75 Å². The molecule has 0 heterocycles. The number of hydrogen-bond acceptors (Lipinski definition) is 4. The van der Waals surface area contributed by atoms with Crippen molar-refractivity contribution in [2.45, 2.75) is 12.2 Å². The predicted octanol–water partition coefficient (Wildman–Crippen LogP) is 0.485. The molecule has 0 aliphatic carbocycles. The average molecular weight is 257 g/mol. The fourth-order valence-electron chi connectivity index (χ4n) is 1.39. The van der Waals surface area contributed by atoms with Gasteiger partial charge in [0, 0.05) is 12.0 Å².